The standard InChI is InChI=1S/C19H22N2O4S3/c1-15-6-9-19(26-15)28(24,25)21-12-10-20(11-13-21)27(22,23)18-8-7-16-4-2-3-5-17(16)14-18/h2-6,9,14H,7-8,10-13H2,1H3. The number of hydrogen-bond donors (Lipinski definition) is 0. The van der Waals surface area contributed by atoms with Gasteiger partial charge in [-0.15, -0.1) is 11.3 Å². The van der Waals surface area contributed by atoms with Gasteiger partial charge in [0.05, 0.1) is 4.91 Å². The molecule has 0 saturated carbocycles. The topological polar surface area (TPSA) is 74.8 Å². The van der Waals surface area contributed by atoms with Gasteiger partial charge in [0.2, 0.25) is 10.0 Å². The summed E-state index contributed by atoms with van der Waals surface area (Å²) in [5.41, 5.74) is 2.10. The van der Waals surface area contributed by atoms with Gasteiger partial charge in [-0.25, -0.2) is 16.8 Å². The van der Waals surface area contributed by atoms with Gasteiger partial charge in [0, 0.05) is 31.1 Å². The van der Waals surface area contributed by atoms with Crippen LogP contribution in [-0.2, 0) is 26.5 Å². The second-order valence-electron chi connectivity index (χ2n) is 6.98. The molecule has 0 N–H and O–H groups in total. The van der Waals surface area contributed by atoms with E-state index in [0.717, 1.165) is 16.0 Å². The Bertz CT molecular complexity index is 1130. The third kappa shape index (κ3) is 3.57. The van der Waals surface area contributed by atoms with Crippen LogP contribution in [0.3, 0.4) is 0 Å². The average molecular weight is 439 g/mol. The number of sulfonamides is 2. The highest BCUT2D eigenvalue weighted by Crippen LogP contribution is 2.30. The maximum atomic E-state index is 13.1. The highest BCUT2D eigenvalue weighted by atomic mass is 32.2. The molecule has 6 nitrogen and oxygen atoms in total. The summed E-state index contributed by atoms with van der Waals surface area (Å²) in [6, 6.07) is 11.2. The van der Waals surface area contributed by atoms with E-state index >= 15 is 0 Å². The number of nitrogens with zero attached hydrogens (tertiary/aromatic N) is 2. The fourth-order valence-electron chi connectivity index (χ4n) is 3.60. The van der Waals surface area contributed by atoms with E-state index in [0.29, 0.717) is 22.0 Å². The van der Waals surface area contributed by atoms with Gasteiger partial charge in [-0.05, 0) is 49.1 Å². The molecule has 0 unspecified atom stereocenters. The minimum absolute atomic E-state index is 0.169. The fraction of sp³-hybridized carbons (Fsp3) is 0.368. The van der Waals surface area contributed by atoms with Crippen LogP contribution < -0.4 is 0 Å². The number of benzene rings is 1. The molecule has 150 valence electrons. The molecule has 1 aromatic carbocycles. The minimum Gasteiger partial charge on any atom is -0.207 e. The summed E-state index contributed by atoms with van der Waals surface area (Å²) in [5.74, 6) is 0. The number of fused-ring (bicyclic) bond motifs is 1. The first-order valence-electron chi connectivity index (χ1n) is 9.14. The normalized spacial score (nSPS) is 19.2. The van der Waals surface area contributed by atoms with Crippen LogP contribution in [0.4, 0.5) is 0 Å². The van der Waals surface area contributed by atoms with Crippen LogP contribution in [0, 0.1) is 6.92 Å². The van der Waals surface area contributed by atoms with E-state index in [-0.39, 0.29) is 26.2 Å². The molecule has 1 aliphatic carbocycles. The quantitative estimate of drug-likeness (QED) is 0.736. The van der Waals surface area contributed by atoms with Gasteiger partial charge in [0.25, 0.3) is 10.0 Å². The molecule has 4 rings (SSSR count). The number of rotatable bonds is 4. The Morgan fingerprint density at radius 2 is 1.46 bits per heavy atom. The van der Waals surface area contributed by atoms with Gasteiger partial charge in [-0.1, -0.05) is 24.3 Å². The molecule has 1 aliphatic heterocycles. The van der Waals surface area contributed by atoms with Gasteiger partial charge in [-0.2, -0.15) is 8.61 Å². The Labute approximate surface area is 170 Å². The second-order valence-corrected chi connectivity index (χ2v) is 12.4. The van der Waals surface area contributed by atoms with Crippen molar-refractivity contribution < 1.29 is 16.8 Å². The Morgan fingerprint density at radius 1 is 0.821 bits per heavy atom. The molecule has 0 radical (unpaired) electrons. The molecule has 2 aliphatic rings. The van der Waals surface area contributed by atoms with Crippen molar-refractivity contribution in [1.82, 2.24) is 8.61 Å². The van der Waals surface area contributed by atoms with Crippen molar-refractivity contribution in [3.8, 4) is 0 Å². The summed E-state index contributed by atoms with van der Waals surface area (Å²) in [6.07, 6.45) is 2.94. The lowest BCUT2D eigenvalue weighted by Gasteiger charge is -2.34. The molecule has 2 aromatic rings. The van der Waals surface area contributed by atoms with Crippen molar-refractivity contribution in [1.29, 1.82) is 0 Å². The van der Waals surface area contributed by atoms with E-state index in [9.17, 15) is 16.8 Å². The van der Waals surface area contributed by atoms with Crippen LogP contribution >= 0.6 is 11.3 Å². The zero-order valence-corrected chi connectivity index (χ0v) is 18.0. The number of piperazine rings is 1. The molecule has 0 atom stereocenters. The molecule has 28 heavy (non-hydrogen) atoms. The van der Waals surface area contributed by atoms with Crippen LogP contribution in [0.5, 0.6) is 0 Å². The third-order valence-corrected chi connectivity index (χ3v) is 10.6. The van der Waals surface area contributed by atoms with Crippen molar-refractivity contribution in [3.05, 3.63) is 57.3 Å². The maximum absolute atomic E-state index is 13.1. The van der Waals surface area contributed by atoms with Crippen molar-refractivity contribution in [2.45, 2.75) is 24.0 Å². The van der Waals surface area contributed by atoms with Gasteiger partial charge in [0.15, 0.2) is 0 Å². The highest BCUT2D eigenvalue weighted by Gasteiger charge is 2.35. The molecule has 0 spiro atoms. The number of hydrogen-bond acceptors (Lipinski definition) is 5. The van der Waals surface area contributed by atoms with Crippen molar-refractivity contribution in [3.63, 3.8) is 0 Å². The molecule has 2 heterocycles. The molecule has 9 heteroatoms. The van der Waals surface area contributed by atoms with Gasteiger partial charge < -0.3 is 0 Å². The molecular formula is C19H22N2O4S3. The lowest BCUT2D eigenvalue weighted by molar-refractivity contribution is 0.274. The van der Waals surface area contributed by atoms with Crippen LogP contribution in [0.2, 0.25) is 0 Å². The first-order valence-corrected chi connectivity index (χ1v) is 12.8. The van der Waals surface area contributed by atoms with Crippen molar-refractivity contribution in [2.24, 2.45) is 0 Å². The molecular weight excluding hydrogens is 416 g/mol. The van der Waals surface area contributed by atoms with E-state index in [1.165, 1.54) is 19.9 Å². The Balaban J connectivity index is 1.50. The molecule has 1 fully saturated rings. The zero-order chi connectivity index (χ0) is 19.9. The SMILES string of the molecule is Cc1ccc(S(=O)(=O)N2CCN(S(=O)(=O)C3=Cc4ccccc4CC3)CC2)s1. The van der Waals surface area contributed by atoms with Crippen LogP contribution in [0.1, 0.15) is 22.4 Å². The summed E-state index contributed by atoms with van der Waals surface area (Å²) in [7, 11) is -7.14. The van der Waals surface area contributed by atoms with Gasteiger partial charge >= 0.3 is 0 Å². The summed E-state index contributed by atoms with van der Waals surface area (Å²) in [6.45, 7) is 2.55. The van der Waals surface area contributed by atoms with Gasteiger partial charge in [-0.3, -0.25) is 0 Å². The summed E-state index contributed by atoms with van der Waals surface area (Å²) < 4.78 is 54.8. The first-order chi connectivity index (χ1) is 13.3. The zero-order valence-electron chi connectivity index (χ0n) is 15.5. The Morgan fingerprint density at radius 3 is 2.11 bits per heavy atom. The average Bonchev–Trinajstić information content (AvgIpc) is 3.15. The van der Waals surface area contributed by atoms with Gasteiger partial charge in [0.1, 0.15) is 4.21 Å². The van der Waals surface area contributed by atoms with Crippen LogP contribution in [0.15, 0.2) is 45.5 Å². The highest BCUT2D eigenvalue weighted by molar-refractivity contribution is 7.93. The Kier molecular flexibility index (Phi) is 5.22. The predicted molar refractivity (Wildman–Crippen MR) is 111 cm³/mol. The van der Waals surface area contributed by atoms with Crippen LogP contribution in [-0.4, -0.2) is 51.6 Å². The number of allylic oxidation sites excluding steroid dienone is 1. The number of thiophene rings is 1. The van der Waals surface area contributed by atoms with E-state index in [4.69, 9.17) is 0 Å². The second kappa shape index (κ2) is 7.38. The minimum atomic E-state index is -3.58. The summed E-state index contributed by atoms with van der Waals surface area (Å²) >= 11 is 1.24. The molecule has 0 amide bonds. The molecule has 1 aromatic heterocycles. The van der Waals surface area contributed by atoms with E-state index in [1.807, 2.05) is 31.2 Å². The summed E-state index contributed by atoms with van der Waals surface area (Å²) in [4.78, 5) is 1.35. The number of aryl methyl sites for hydroxylation is 2. The van der Waals surface area contributed by atoms with Crippen molar-refractivity contribution in [2.75, 3.05) is 26.2 Å². The lowest BCUT2D eigenvalue weighted by atomic mass is 9.98. The van der Waals surface area contributed by atoms with Crippen molar-refractivity contribution >= 4 is 37.5 Å². The van der Waals surface area contributed by atoms with E-state index in [1.54, 1.807) is 18.2 Å². The largest absolute Gasteiger partial charge is 0.252 e. The predicted octanol–water partition coefficient (Wildman–Crippen LogP) is 2.68. The molecule has 1 saturated heterocycles. The van der Waals surface area contributed by atoms with E-state index in [2.05, 4.69) is 0 Å². The Hall–Kier alpha value is -1.52. The monoisotopic (exact) mass is 438 g/mol. The third-order valence-electron chi connectivity index (χ3n) is 5.19. The maximum Gasteiger partial charge on any atom is 0.252 e. The smallest absolute Gasteiger partial charge is 0.207 e. The molecule has 0 bridgehead atoms. The lowest BCUT2D eigenvalue weighted by Crippen LogP contribution is -2.50. The first kappa shape index (κ1) is 19.8. The summed E-state index contributed by atoms with van der Waals surface area (Å²) in [5, 5.41) is 0. The van der Waals surface area contributed by atoms with E-state index < -0.39 is 20.0 Å². The van der Waals surface area contributed by atoms with Crippen LogP contribution in [0.25, 0.3) is 6.08 Å². The fourth-order valence-corrected chi connectivity index (χ4v) is 8.08.